The van der Waals surface area contributed by atoms with Gasteiger partial charge in [0.05, 0.1) is 37.6 Å². The first-order valence-corrected chi connectivity index (χ1v) is 8.33. The van der Waals surface area contributed by atoms with Crippen LogP contribution in [-0.2, 0) is 17.9 Å². The Morgan fingerprint density at radius 1 is 1.35 bits per heavy atom. The van der Waals surface area contributed by atoms with Crippen molar-refractivity contribution in [2.45, 2.75) is 19.3 Å². The zero-order chi connectivity index (χ0) is 16.2. The summed E-state index contributed by atoms with van der Waals surface area (Å²) in [4.78, 5) is 17.1. The maximum absolute atomic E-state index is 12.2. The average molecular weight is 351 g/mol. The van der Waals surface area contributed by atoms with Gasteiger partial charge in [0.25, 0.3) is 5.56 Å². The van der Waals surface area contributed by atoms with Crippen LogP contribution in [0.5, 0.6) is 0 Å². The highest BCUT2D eigenvalue weighted by atomic mass is 35.5. The third-order valence-corrected chi connectivity index (χ3v) is 4.57. The van der Waals surface area contributed by atoms with Crippen molar-refractivity contribution in [3.63, 3.8) is 0 Å². The van der Waals surface area contributed by atoms with Gasteiger partial charge in [0.1, 0.15) is 4.83 Å². The first-order valence-electron chi connectivity index (χ1n) is 7.07. The Balaban J connectivity index is 1.58. The van der Waals surface area contributed by atoms with E-state index < -0.39 is 6.10 Å². The quantitative estimate of drug-likeness (QED) is 0.742. The fourth-order valence-corrected chi connectivity index (χ4v) is 3.14. The summed E-state index contributed by atoms with van der Waals surface area (Å²) in [6.07, 6.45) is 0.659. The topological polar surface area (TPSA) is 64.4 Å². The van der Waals surface area contributed by atoms with Gasteiger partial charge in [-0.2, -0.15) is 0 Å². The molecule has 1 atom stereocenters. The normalized spacial score (nSPS) is 12.6. The van der Waals surface area contributed by atoms with Crippen LogP contribution in [0.3, 0.4) is 0 Å². The molecule has 0 fully saturated rings. The van der Waals surface area contributed by atoms with E-state index in [1.807, 2.05) is 23.6 Å². The van der Waals surface area contributed by atoms with E-state index in [0.717, 1.165) is 5.56 Å². The molecule has 1 N–H and O–H groups in total. The number of aromatic nitrogens is 2. The van der Waals surface area contributed by atoms with Gasteiger partial charge in [-0.15, -0.1) is 11.3 Å². The van der Waals surface area contributed by atoms with Crippen molar-refractivity contribution >= 4 is 33.2 Å². The predicted molar refractivity (Wildman–Crippen MR) is 91.0 cm³/mol. The minimum absolute atomic E-state index is 0.110. The lowest BCUT2D eigenvalue weighted by Gasteiger charge is -2.13. The van der Waals surface area contributed by atoms with Crippen LogP contribution in [0.15, 0.2) is 46.8 Å². The standard InChI is InChI=1S/C16H15ClN2O3S/c17-14-4-2-1-3-11(14)8-22-9-12(20)7-19-10-18-15-13(16(19)21)5-6-23-15/h1-6,10,12,20H,7-9H2/t12-/m1/s1. The van der Waals surface area contributed by atoms with Crippen molar-refractivity contribution in [1.82, 2.24) is 9.55 Å². The van der Waals surface area contributed by atoms with E-state index in [-0.39, 0.29) is 18.7 Å². The summed E-state index contributed by atoms with van der Waals surface area (Å²) in [5.74, 6) is 0. The van der Waals surface area contributed by atoms with Gasteiger partial charge in [0.15, 0.2) is 0 Å². The summed E-state index contributed by atoms with van der Waals surface area (Å²) in [7, 11) is 0. The lowest BCUT2D eigenvalue weighted by atomic mass is 10.2. The van der Waals surface area contributed by atoms with Crippen molar-refractivity contribution in [3.8, 4) is 0 Å². The lowest BCUT2D eigenvalue weighted by Crippen LogP contribution is -2.29. The molecular formula is C16H15ClN2O3S. The third-order valence-electron chi connectivity index (χ3n) is 3.38. The number of rotatable bonds is 6. The second-order valence-electron chi connectivity index (χ2n) is 5.10. The van der Waals surface area contributed by atoms with Crippen LogP contribution in [0.1, 0.15) is 5.56 Å². The van der Waals surface area contributed by atoms with Crippen molar-refractivity contribution in [2.75, 3.05) is 6.61 Å². The number of hydrogen-bond acceptors (Lipinski definition) is 5. The Hall–Kier alpha value is -1.73. The number of benzene rings is 1. The Labute approximate surface area is 141 Å². The van der Waals surface area contributed by atoms with E-state index in [4.69, 9.17) is 16.3 Å². The van der Waals surface area contributed by atoms with E-state index in [9.17, 15) is 9.90 Å². The molecule has 0 amide bonds. The van der Waals surface area contributed by atoms with Crippen LogP contribution in [0, 0.1) is 0 Å². The van der Waals surface area contributed by atoms with E-state index in [2.05, 4.69) is 4.98 Å². The summed E-state index contributed by atoms with van der Waals surface area (Å²) >= 11 is 7.46. The molecule has 0 aliphatic carbocycles. The number of halogens is 1. The summed E-state index contributed by atoms with van der Waals surface area (Å²) in [6.45, 7) is 0.562. The summed E-state index contributed by atoms with van der Waals surface area (Å²) in [5, 5.41) is 13.1. The highest BCUT2D eigenvalue weighted by molar-refractivity contribution is 7.16. The molecule has 0 aliphatic heterocycles. The maximum atomic E-state index is 12.2. The van der Waals surface area contributed by atoms with Crippen molar-refractivity contribution < 1.29 is 9.84 Å². The predicted octanol–water partition coefficient (Wildman–Crippen LogP) is 2.69. The average Bonchev–Trinajstić information content (AvgIpc) is 3.01. The monoisotopic (exact) mass is 350 g/mol. The molecule has 0 radical (unpaired) electrons. The van der Waals surface area contributed by atoms with Gasteiger partial charge in [-0.1, -0.05) is 29.8 Å². The molecule has 0 unspecified atom stereocenters. The molecule has 0 saturated carbocycles. The van der Waals surface area contributed by atoms with Crippen LogP contribution in [-0.4, -0.2) is 27.4 Å². The molecule has 3 aromatic rings. The van der Waals surface area contributed by atoms with Crippen molar-refractivity contribution in [3.05, 3.63) is 63.0 Å². The van der Waals surface area contributed by atoms with Crippen LogP contribution in [0.25, 0.3) is 10.2 Å². The molecule has 0 spiro atoms. The maximum Gasteiger partial charge on any atom is 0.262 e. The van der Waals surface area contributed by atoms with Crippen LogP contribution in [0.2, 0.25) is 5.02 Å². The molecule has 3 rings (SSSR count). The van der Waals surface area contributed by atoms with Crippen molar-refractivity contribution in [1.29, 1.82) is 0 Å². The Morgan fingerprint density at radius 3 is 3.00 bits per heavy atom. The summed E-state index contributed by atoms with van der Waals surface area (Å²) < 4.78 is 6.88. The Bertz CT molecular complexity index is 862. The zero-order valence-corrected chi connectivity index (χ0v) is 13.8. The third kappa shape index (κ3) is 3.79. The molecule has 120 valence electrons. The molecule has 0 bridgehead atoms. The van der Waals surface area contributed by atoms with Gasteiger partial charge in [-0.3, -0.25) is 9.36 Å². The van der Waals surface area contributed by atoms with Gasteiger partial charge in [0.2, 0.25) is 0 Å². The first-order chi connectivity index (χ1) is 11.1. The van der Waals surface area contributed by atoms with Gasteiger partial charge in [0, 0.05) is 5.02 Å². The molecule has 5 nitrogen and oxygen atoms in total. The zero-order valence-electron chi connectivity index (χ0n) is 12.2. The van der Waals surface area contributed by atoms with Crippen LogP contribution in [0.4, 0.5) is 0 Å². The number of thiophene rings is 1. The molecule has 2 aromatic heterocycles. The van der Waals surface area contributed by atoms with Gasteiger partial charge < -0.3 is 9.84 Å². The lowest BCUT2D eigenvalue weighted by molar-refractivity contribution is 0.0199. The largest absolute Gasteiger partial charge is 0.389 e. The molecule has 0 saturated heterocycles. The highest BCUT2D eigenvalue weighted by Crippen LogP contribution is 2.16. The molecule has 7 heteroatoms. The van der Waals surface area contributed by atoms with Crippen LogP contribution < -0.4 is 5.56 Å². The molecular weight excluding hydrogens is 336 g/mol. The summed E-state index contributed by atoms with van der Waals surface area (Å²) in [5.41, 5.74) is 0.710. The first kappa shape index (κ1) is 16.1. The smallest absolute Gasteiger partial charge is 0.262 e. The minimum Gasteiger partial charge on any atom is -0.389 e. The highest BCUT2D eigenvalue weighted by Gasteiger charge is 2.10. The number of hydrogen-bond donors (Lipinski definition) is 1. The SMILES string of the molecule is O=c1c2ccsc2ncn1C[C@@H](O)COCc1ccccc1Cl. The number of nitrogens with zero attached hydrogens (tertiary/aromatic N) is 2. The van der Waals surface area contributed by atoms with Gasteiger partial charge in [-0.05, 0) is 23.1 Å². The molecule has 0 aliphatic rings. The number of ether oxygens (including phenoxy) is 1. The second kappa shape index (κ2) is 7.23. The van der Waals surface area contributed by atoms with Gasteiger partial charge in [-0.25, -0.2) is 4.98 Å². The molecule has 1 aromatic carbocycles. The van der Waals surface area contributed by atoms with Gasteiger partial charge >= 0.3 is 0 Å². The minimum atomic E-state index is -0.798. The Morgan fingerprint density at radius 2 is 2.17 bits per heavy atom. The second-order valence-corrected chi connectivity index (χ2v) is 6.40. The van der Waals surface area contributed by atoms with Crippen molar-refractivity contribution in [2.24, 2.45) is 0 Å². The summed E-state index contributed by atoms with van der Waals surface area (Å²) in [6, 6.07) is 9.13. The van der Waals surface area contributed by atoms with E-state index in [1.54, 1.807) is 12.1 Å². The van der Waals surface area contributed by atoms with E-state index in [0.29, 0.717) is 21.8 Å². The number of aliphatic hydroxyl groups excluding tert-OH is 1. The van der Waals surface area contributed by atoms with E-state index >= 15 is 0 Å². The molecule has 2 heterocycles. The molecule has 23 heavy (non-hydrogen) atoms. The Kier molecular flexibility index (Phi) is 5.07. The fourth-order valence-electron chi connectivity index (χ4n) is 2.22. The number of fused-ring (bicyclic) bond motifs is 1. The van der Waals surface area contributed by atoms with E-state index in [1.165, 1.54) is 22.2 Å². The fraction of sp³-hybridized carbons (Fsp3) is 0.250. The van der Waals surface area contributed by atoms with Crippen LogP contribution >= 0.6 is 22.9 Å². The number of aliphatic hydroxyl groups is 1.